The fourth-order valence-electron chi connectivity index (χ4n) is 1.21. The molecule has 0 aliphatic rings. The first-order chi connectivity index (χ1) is 7.52. The summed E-state index contributed by atoms with van der Waals surface area (Å²) in [6.45, 7) is 1.59. The van der Waals surface area contributed by atoms with Gasteiger partial charge in [0.05, 0.1) is 12.0 Å². The molecule has 5 heteroatoms. The zero-order valence-electron chi connectivity index (χ0n) is 8.97. The molecule has 0 unspecified atom stereocenters. The van der Waals surface area contributed by atoms with Crippen molar-refractivity contribution >= 4 is 11.9 Å². The van der Waals surface area contributed by atoms with Gasteiger partial charge in [-0.05, 0) is 12.5 Å². The fourth-order valence-corrected chi connectivity index (χ4v) is 1.21. The number of carboxylic acid groups (broad SMARTS) is 1. The second-order valence-corrected chi connectivity index (χ2v) is 3.57. The summed E-state index contributed by atoms with van der Waals surface area (Å²) in [5.41, 5.74) is 4.00. The first kappa shape index (κ1) is 12.2. The Bertz CT molecular complexity index is 376. The normalized spacial score (nSPS) is 13.9. The minimum atomic E-state index is -1.33. The Morgan fingerprint density at radius 1 is 1.31 bits per heavy atom. The van der Waals surface area contributed by atoms with Gasteiger partial charge in [-0.25, -0.2) is 0 Å². The van der Waals surface area contributed by atoms with Crippen molar-refractivity contribution in [1.82, 2.24) is 5.32 Å². The molecular formula is C11H14N2O3. The van der Waals surface area contributed by atoms with E-state index in [0.29, 0.717) is 5.56 Å². The monoisotopic (exact) mass is 222 g/mol. The molecule has 0 saturated heterocycles. The molecule has 0 bridgehead atoms. The zero-order valence-corrected chi connectivity index (χ0v) is 8.97. The van der Waals surface area contributed by atoms with Crippen LogP contribution in [-0.2, 0) is 9.59 Å². The topological polar surface area (TPSA) is 96.9 Å². The Balaban J connectivity index is 2.85. The summed E-state index contributed by atoms with van der Waals surface area (Å²) in [6.07, 6.45) is 0. The van der Waals surface area contributed by atoms with Gasteiger partial charge in [-0.3, -0.25) is 4.79 Å². The highest BCUT2D eigenvalue weighted by atomic mass is 16.4. The number of carbonyl (C=O) groups excluding carboxylic acids is 2. The van der Waals surface area contributed by atoms with Gasteiger partial charge in [-0.2, -0.15) is 0 Å². The van der Waals surface area contributed by atoms with Gasteiger partial charge in [0.2, 0.25) is 0 Å². The van der Waals surface area contributed by atoms with Crippen LogP contribution in [0.15, 0.2) is 30.3 Å². The van der Waals surface area contributed by atoms with Crippen molar-refractivity contribution in [2.75, 3.05) is 0 Å². The lowest BCUT2D eigenvalue weighted by Crippen LogP contribution is -2.66. The molecule has 2 atom stereocenters. The number of benzene rings is 1. The van der Waals surface area contributed by atoms with Gasteiger partial charge in [0.25, 0.3) is 5.91 Å². The Kier molecular flexibility index (Phi) is 4.02. The lowest BCUT2D eigenvalue weighted by atomic mass is 10.1. The van der Waals surface area contributed by atoms with Crippen LogP contribution in [0.5, 0.6) is 0 Å². The number of carboxylic acids is 1. The standard InChI is InChI=1S/C11H14N2O3/c1-7(12)10(14)13-9(11(15)16)8-5-3-2-4-6-8/h2-7,9H,12H2,1H3,(H,13,14)(H,15,16)/t7-,9-/m0/s1. The number of aliphatic carboxylic acids is 1. The van der Waals surface area contributed by atoms with E-state index in [1.165, 1.54) is 0 Å². The van der Waals surface area contributed by atoms with E-state index in [9.17, 15) is 14.7 Å². The van der Waals surface area contributed by atoms with Crippen LogP contribution in [0.25, 0.3) is 0 Å². The predicted octanol–water partition coefficient (Wildman–Crippen LogP) is -1.78. The second kappa shape index (κ2) is 5.27. The zero-order chi connectivity index (χ0) is 12.1. The highest BCUT2D eigenvalue weighted by molar-refractivity contribution is 5.85. The van der Waals surface area contributed by atoms with Crippen LogP contribution in [0.2, 0.25) is 0 Å². The Morgan fingerprint density at radius 3 is 2.31 bits per heavy atom. The highest BCUT2D eigenvalue weighted by Crippen LogP contribution is 2.11. The third kappa shape index (κ3) is 3.06. The molecular weight excluding hydrogens is 208 g/mol. The summed E-state index contributed by atoms with van der Waals surface area (Å²) in [7, 11) is 0. The highest BCUT2D eigenvalue weighted by Gasteiger charge is 2.19. The lowest BCUT2D eigenvalue weighted by Gasteiger charge is -2.20. The second-order valence-electron chi connectivity index (χ2n) is 3.57. The minimum Gasteiger partial charge on any atom is -0.548 e. The Hall–Kier alpha value is -1.88. The Labute approximate surface area is 93.3 Å². The Morgan fingerprint density at radius 2 is 1.88 bits per heavy atom. The lowest BCUT2D eigenvalue weighted by molar-refractivity contribution is -0.398. The van der Waals surface area contributed by atoms with Crippen molar-refractivity contribution in [3.05, 3.63) is 35.9 Å². The molecule has 0 spiro atoms. The van der Waals surface area contributed by atoms with Crippen molar-refractivity contribution in [2.24, 2.45) is 0 Å². The van der Waals surface area contributed by atoms with Crippen molar-refractivity contribution in [1.29, 1.82) is 0 Å². The van der Waals surface area contributed by atoms with Gasteiger partial charge in [0.15, 0.2) is 6.04 Å². The molecule has 4 N–H and O–H groups in total. The molecule has 0 saturated carbocycles. The molecule has 0 aliphatic heterocycles. The van der Waals surface area contributed by atoms with Crippen molar-refractivity contribution < 1.29 is 20.4 Å². The van der Waals surface area contributed by atoms with Crippen molar-refractivity contribution in [2.45, 2.75) is 19.0 Å². The summed E-state index contributed by atoms with van der Waals surface area (Å²) in [4.78, 5) is 22.3. The molecule has 1 rings (SSSR count). The van der Waals surface area contributed by atoms with E-state index in [1.54, 1.807) is 37.3 Å². The smallest absolute Gasteiger partial charge is 0.278 e. The number of rotatable bonds is 4. The van der Waals surface area contributed by atoms with Crippen LogP contribution >= 0.6 is 0 Å². The molecule has 0 radical (unpaired) electrons. The van der Waals surface area contributed by atoms with Crippen LogP contribution in [0.4, 0.5) is 0 Å². The maximum Gasteiger partial charge on any atom is 0.278 e. The summed E-state index contributed by atoms with van der Waals surface area (Å²) in [5.74, 6) is -1.75. The fraction of sp³-hybridized carbons (Fsp3) is 0.273. The predicted molar refractivity (Wildman–Crippen MR) is 54.7 cm³/mol. The maximum atomic E-state index is 11.4. The van der Waals surface area contributed by atoms with E-state index >= 15 is 0 Å². The maximum absolute atomic E-state index is 11.4. The third-order valence-corrected chi connectivity index (χ3v) is 2.10. The number of nitrogens with one attached hydrogen (secondary N) is 1. The molecule has 1 aromatic carbocycles. The average molecular weight is 222 g/mol. The van der Waals surface area contributed by atoms with E-state index < -0.39 is 24.0 Å². The van der Waals surface area contributed by atoms with E-state index in [4.69, 9.17) is 0 Å². The number of carbonyl (C=O) groups is 2. The first-order valence-electron chi connectivity index (χ1n) is 4.91. The van der Waals surface area contributed by atoms with E-state index in [1.807, 2.05) is 0 Å². The van der Waals surface area contributed by atoms with Crippen LogP contribution < -0.4 is 16.2 Å². The van der Waals surface area contributed by atoms with Gasteiger partial charge in [0.1, 0.15) is 0 Å². The SMILES string of the molecule is C[C@H]([NH3+])C(=O)N[C@H](C(=O)[O-])c1ccccc1. The number of hydrogen-bond donors (Lipinski definition) is 2. The molecule has 1 aromatic rings. The molecule has 16 heavy (non-hydrogen) atoms. The van der Waals surface area contributed by atoms with E-state index in [2.05, 4.69) is 11.1 Å². The van der Waals surface area contributed by atoms with Crippen LogP contribution in [0.1, 0.15) is 18.5 Å². The van der Waals surface area contributed by atoms with Crippen molar-refractivity contribution in [3.63, 3.8) is 0 Å². The van der Waals surface area contributed by atoms with Crippen LogP contribution in [0.3, 0.4) is 0 Å². The molecule has 1 amide bonds. The summed E-state index contributed by atoms with van der Waals surface area (Å²) in [6, 6.07) is 6.77. The molecule has 0 fully saturated rings. The van der Waals surface area contributed by atoms with Crippen LogP contribution in [-0.4, -0.2) is 17.9 Å². The minimum absolute atomic E-state index is 0.418. The van der Waals surface area contributed by atoms with Gasteiger partial charge < -0.3 is 21.0 Å². The molecule has 0 aromatic heterocycles. The van der Waals surface area contributed by atoms with Gasteiger partial charge in [-0.15, -0.1) is 0 Å². The average Bonchev–Trinajstić information content (AvgIpc) is 2.26. The summed E-state index contributed by atoms with van der Waals surface area (Å²) >= 11 is 0. The van der Waals surface area contributed by atoms with Crippen molar-refractivity contribution in [3.8, 4) is 0 Å². The van der Waals surface area contributed by atoms with E-state index in [-0.39, 0.29) is 0 Å². The van der Waals surface area contributed by atoms with E-state index in [0.717, 1.165) is 0 Å². The molecule has 0 heterocycles. The molecule has 5 nitrogen and oxygen atoms in total. The summed E-state index contributed by atoms with van der Waals surface area (Å²) in [5, 5.41) is 13.3. The molecule has 86 valence electrons. The first-order valence-corrected chi connectivity index (χ1v) is 4.91. The number of quaternary nitrogens is 1. The van der Waals surface area contributed by atoms with Crippen LogP contribution in [0, 0.1) is 0 Å². The third-order valence-electron chi connectivity index (χ3n) is 2.10. The number of hydrogen-bond acceptors (Lipinski definition) is 3. The molecule has 0 aliphatic carbocycles. The number of amides is 1. The summed E-state index contributed by atoms with van der Waals surface area (Å²) < 4.78 is 0. The van der Waals surface area contributed by atoms with Gasteiger partial charge >= 0.3 is 0 Å². The van der Waals surface area contributed by atoms with Gasteiger partial charge in [-0.1, -0.05) is 30.3 Å². The van der Waals surface area contributed by atoms with Gasteiger partial charge in [0, 0.05) is 0 Å². The largest absolute Gasteiger partial charge is 0.548 e. The quantitative estimate of drug-likeness (QED) is 0.630.